The predicted octanol–water partition coefficient (Wildman–Crippen LogP) is 4.86. The van der Waals surface area contributed by atoms with E-state index < -0.39 is 0 Å². The summed E-state index contributed by atoms with van der Waals surface area (Å²) in [5.74, 6) is -0.490. The lowest BCUT2D eigenvalue weighted by molar-refractivity contribution is 0.0924. The van der Waals surface area contributed by atoms with E-state index in [1.807, 2.05) is 12.1 Å². The average molecular weight is 384 g/mol. The smallest absolute Gasteiger partial charge is 0.266 e. The summed E-state index contributed by atoms with van der Waals surface area (Å²) in [4.78, 5) is 38.7. The number of nitrogens with zero attached hydrogens (tertiary/aromatic N) is 1. The van der Waals surface area contributed by atoms with Crippen molar-refractivity contribution in [1.82, 2.24) is 0 Å². The van der Waals surface area contributed by atoms with Crippen LogP contribution >= 0.6 is 0 Å². The molecule has 1 aliphatic heterocycles. The summed E-state index contributed by atoms with van der Waals surface area (Å²) in [6, 6.07) is 20.9. The van der Waals surface area contributed by atoms with Crippen molar-refractivity contribution in [2.45, 2.75) is 19.8 Å². The van der Waals surface area contributed by atoms with E-state index in [-0.39, 0.29) is 17.7 Å². The van der Waals surface area contributed by atoms with Gasteiger partial charge in [-0.15, -0.1) is 0 Å². The van der Waals surface area contributed by atoms with Crippen molar-refractivity contribution in [3.63, 3.8) is 0 Å². The number of nitrogens with one attached hydrogen (secondary N) is 1. The number of benzene rings is 3. The molecule has 3 amide bonds. The van der Waals surface area contributed by atoms with Crippen LogP contribution in [-0.4, -0.2) is 17.7 Å². The van der Waals surface area contributed by atoms with Crippen LogP contribution in [0.5, 0.6) is 0 Å². The van der Waals surface area contributed by atoms with Crippen LogP contribution in [0, 0.1) is 0 Å². The molecule has 0 radical (unpaired) electrons. The summed E-state index contributed by atoms with van der Waals surface area (Å²) in [5.41, 5.74) is 3.60. The molecule has 0 aromatic heterocycles. The highest BCUT2D eigenvalue weighted by molar-refractivity contribution is 6.34. The molecule has 4 rings (SSSR count). The Morgan fingerprint density at radius 3 is 1.86 bits per heavy atom. The van der Waals surface area contributed by atoms with Gasteiger partial charge in [0.1, 0.15) is 0 Å². The Bertz CT molecular complexity index is 1060. The first-order valence-electron chi connectivity index (χ1n) is 9.45. The maximum absolute atomic E-state index is 12.6. The second-order valence-corrected chi connectivity index (χ2v) is 7.27. The molecule has 0 aliphatic carbocycles. The van der Waals surface area contributed by atoms with Gasteiger partial charge in [0.2, 0.25) is 0 Å². The molecule has 3 aromatic carbocycles. The van der Waals surface area contributed by atoms with Crippen LogP contribution in [0.1, 0.15) is 56.4 Å². The molecule has 1 N–H and O–H groups in total. The third kappa shape index (κ3) is 3.43. The van der Waals surface area contributed by atoms with Crippen LogP contribution in [0.15, 0.2) is 72.8 Å². The van der Waals surface area contributed by atoms with Gasteiger partial charge in [0, 0.05) is 11.3 Å². The number of hydrogen-bond acceptors (Lipinski definition) is 3. The van der Waals surface area contributed by atoms with Gasteiger partial charge in [-0.25, -0.2) is 4.90 Å². The van der Waals surface area contributed by atoms with Crippen LogP contribution in [0.3, 0.4) is 0 Å². The Hall–Kier alpha value is -3.73. The van der Waals surface area contributed by atoms with E-state index in [0.29, 0.717) is 34.0 Å². The second-order valence-electron chi connectivity index (χ2n) is 7.27. The molecule has 0 saturated heterocycles. The number of anilines is 2. The minimum absolute atomic E-state index is 0.214. The Kier molecular flexibility index (Phi) is 4.72. The van der Waals surface area contributed by atoms with E-state index in [0.717, 1.165) is 4.90 Å². The summed E-state index contributed by atoms with van der Waals surface area (Å²) in [5, 5.41) is 2.84. The van der Waals surface area contributed by atoms with Gasteiger partial charge in [-0.05, 0) is 60.0 Å². The number of hydrogen-bond donors (Lipinski definition) is 1. The van der Waals surface area contributed by atoms with E-state index in [9.17, 15) is 14.4 Å². The van der Waals surface area contributed by atoms with E-state index in [1.165, 1.54) is 5.56 Å². The Balaban J connectivity index is 1.49. The number of imide groups is 1. The van der Waals surface area contributed by atoms with Gasteiger partial charge in [0.25, 0.3) is 17.7 Å². The van der Waals surface area contributed by atoms with Crippen molar-refractivity contribution in [2.24, 2.45) is 0 Å². The summed E-state index contributed by atoms with van der Waals surface area (Å²) < 4.78 is 0. The molecule has 3 aromatic rings. The number of carbonyl (C=O) groups is 3. The van der Waals surface area contributed by atoms with Gasteiger partial charge in [0.05, 0.1) is 16.8 Å². The lowest BCUT2D eigenvalue weighted by Crippen LogP contribution is -2.29. The number of amides is 3. The minimum Gasteiger partial charge on any atom is -0.322 e. The molecule has 1 aliphatic rings. The fourth-order valence-electron chi connectivity index (χ4n) is 3.34. The van der Waals surface area contributed by atoms with E-state index in [4.69, 9.17) is 0 Å². The first kappa shape index (κ1) is 18.6. The van der Waals surface area contributed by atoms with Crippen LogP contribution in [0.25, 0.3) is 0 Å². The molecule has 5 nitrogen and oxygen atoms in total. The van der Waals surface area contributed by atoms with Gasteiger partial charge >= 0.3 is 0 Å². The maximum atomic E-state index is 12.6. The lowest BCUT2D eigenvalue weighted by Gasteiger charge is -2.14. The van der Waals surface area contributed by atoms with Crippen LogP contribution < -0.4 is 10.2 Å². The Morgan fingerprint density at radius 2 is 1.34 bits per heavy atom. The van der Waals surface area contributed by atoms with Gasteiger partial charge in [-0.3, -0.25) is 14.4 Å². The molecular formula is C24H20N2O3. The maximum Gasteiger partial charge on any atom is 0.266 e. The van der Waals surface area contributed by atoms with E-state index in [1.54, 1.807) is 60.7 Å². The highest BCUT2D eigenvalue weighted by Gasteiger charge is 2.36. The second kappa shape index (κ2) is 7.36. The average Bonchev–Trinajstić information content (AvgIpc) is 2.99. The quantitative estimate of drug-likeness (QED) is 0.653. The first-order chi connectivity index (χ1) is 14.0. The summed E-state index contributed by atoms with van der Waals surface area (Å²) in [6.07, 6.45) is 0. The number of fused-ring (bicyclic) bond motifs is 1. The molecule has 144 valence electrons. The van der Waals surface area contributed by atoms with Gasteiger partial charge < -0.3 is 5.32 Å². The molecule has 0 spiro atoms. The lowest BCUT2D eigenvalue weighted by atomic mass is 10.0. The van der Waals surface area contributed by atoms with Crippen molar-refractivity contribution >= 4 is 29.1 Å². The molecule has 0 fully saturated rings. The fraction of sp³-hybridized carbons (Fsp3) is 0.125. The fourth-order valence-corrected chi connectivity index (χ4v) is 3.34. The van der Waals surface area contributed by atoms with Crippen molar-refractivity contribution in [3.8, 4) is 0 Å². The summed E-state index contributed by atoms with van der Waals surface area (Å²) in [6.45, 7) is 4.20. The normalized spacial score (nSPS) is 13.0. The van der Waals surface area contributed by atoms with Crippen molar-refractivity contribution in [2.75, 3.05) is 10.2 Å². The molecule has 29 heavy (non-hydrogen) atoms. The van der Waals surface area contributed by atoms with Gasteiger partial charge in [-0.2, -0.15) is 0 Å². The summed E-state index contributed by atoms with van der Waals surface area (Å²) >= 11 is 0. The standard InChI is InChI=1S/C24H20N2O3/c1-15(2)16-7-9-17(10-8-16)22(27)25-18-11-13-19(14-12-18)26-23(28)20-5-3-4-6-21(20)24(26)29/h3-15H,1-2H3,(H,25,27). The zero-order chi connectivity index (χ0) is 20.5. The first-order valence-corrected chi connectivity index (χ1v) is 9.45. The monoisotopic (exact) mass is 384 g/mol. The van der Waals surface area contributed by atoms with Crippen molar-refractivity contribution in [1.29, 1.82) is 0 Å². The third-order valence-electron chi connectivity index (χ3n) is 5.02. The number of carbonyl (C=O) groups excluding carboxylic acids is 3. The van der Waals surface area contributed by atoms with E-state index >= 15 is 0 Å². The van der Waals surface area contributed by atoms with E-state index in [2.05, 4.69) is 19.2 Å². The molecule has 0 unspecified atom stereocenters. The zero-order valence-electron chi connectivity index (χ0n) is 16.2. The SMILES string of the molecule is CC(C)c1ccc(C(=O)Nc2ccc(N3C(=O)c4ccccc4C3=O)cc2)cc1. The Labute approximate surface area is 169 Å². The van der Waals surface area contributed by atoms with Crippen LogP contribution in [0.2, 0.25) is 0 Å². The number of rotatable bonds is 4. The van der Waals surface area contributed by atoms with Gasteiger partial charge in [0.15, 0.2) is 0 Å². The highest BCUT2D eigenvalue weighted by atomic mass is 16.2. The topological polar surface area (TPSA) is 66.5 Å². The van der Waals surface area contributed by atoms with Crippen molar-refractivity contribution in [3.05, 3.63) is 95.1 Å². The zero-order valence-corrected chi connectivity index (χ0v) is 16.2. The molecular weight excluding hydrogens is 364 g/mol. The molecule has 5 heteroatoms. The molecule has 0 saturated carbocycles. The molecule has 0 atom stereocenters. The molecule has 1 heterocycles. The third-order valence-corrected chi connectivity index (χ3v) is 5.02. The predicted molar refractivity (Wildman–Crippen MR) is 113 cm³/mol. The minimum atomic E-state index is -0.340. The van der Waals surface area contributed by atoms with Gasteiger partial charge in [-0.1, -0.05) is 38.1 Å². The highest BCUT2D eigenvalue weighted by Crippen LogP contribution is 2.29. The summed E-state index contributed by atoms with van der Waals surface area (Å²) in [7, 11) is 0. The molecule has 0 bridgehead atoms. The van der Waals surface area contributed by atoms with Crippen LogP contribution in [-0.2, 0) is 0 Å². The van der Waals surface area contributed by atoms with Crippen molar-refractivity contribution < 1.29 is 14.4 Å². The largest absolute Gasteiger partial charge is 0.322 e. The van der Waals surface area contributed by atoms with Crippen LogP contribution in [0.4, 0.5) is 11.4 Å². The Morgan fingerprint density at radius 1 is 0.793 bits per heavy atom.